The second kappa shape index (κ2) is 11.3. The highest BCUT2D eigenvalue weighted by atomic mass is 35.5. The van der Waals surface area contributed by atoms with Crippen molar-refractivity contribution in [2.45, 2.75) is 43.9 Å². The first-order valence-corrected chi connectivity index (χ1v) is 14.9. The Labute approximate surface area is 229 Å². The second-order valence-corrected chi connectivity index (χ2v) is 12.4. The molecule has 2 aliphatic rings. The standard InChI is InChI=1S/C25H28ClN5O5S2/c26-24-18(22-17-6-2-1-4-14(17)5-3-7-29-22)10-21(37-24)23(33)19-11-28-13-30-25(19)31-16-8-15(20(32)9-16)12-36-38(27,34)35/h1-2,4,6,10-11,13,15-16,20,22,29,32H,3,5,7-9,12H2,(H2,27,34,35)(H,28,30,31)/t15-,16-,20+,22+/m1/s1. The Morgan fingerprint density at radius 2 is 2.11 bits per heavy atom. The molecule has 0 saturated heterocycles. The summed E-state index contributed by atoms with van der Waals surface area (Å²) in [6, 6.07) is 9.75. The average molecular weight is 578 g/mol. The number of carbonyl (C=O) groups excluding carboxylic acids is 1. The number of hydrogen-bond donors (Lipinski definition) is 4. The van der Waals surface area contributed by atoms with Crippen molar-refractivity contribution in [3.8, 4) is 0 Å². The van der Waals surface area contributed by atoms with Crippen LogP contribution >= 0.6 is 22.9 Å². The summed E-state index contributed by atoms with van der Waals surface area (Å²) in [6.07, 6.45) is 4.75. The van der Waals surface area contributed by atoms with Crippen molar-refractivity contribution < 1.29 is 22.5 Å². The molecule has 2 aromatic heterocycles. The van der Waals surface area contributed by atoms with E-state index in [4.69, 9.17) is 16.7 Å². The van der Waals surface area contributed by atoms with Gasteiger partial charge in [0.15, 0.2) is 0 Å². The van der Waals surface area contributed by atoms with Crippen molar-refractivity contribution in [3.05, 3.63) is 74.3 Å². The molecule has 1 aromatic carbocycles. The van der Waals surface area contributed by atoms with Crippen molar-refractivity contribution in [3.63, 3.8) is 0 Å². The van der Waals surface area contributed by atoms with Crippen molar-refractivity contribution >= 4 is 44.8 Å². The third-order valence-corrected chi connectivity index (χ3v) is 8.84. The fourth-order valence-corrected chi connectivity index (χ4v) is 6.82. The lowest BCUT2D eigenvalue weighted by Crippen LogP contribution is -2.24. The van der Waals surface area contributed by atoms with Gasteiger partial charge in [-0.2, -0.15) is 8.42 Å². The van der Waals surface area contributed by atoms with E-state index < -0.39 is 22.3 Å². The number of halogens is 1. The van der Waals surface area contributed by atoms with Crippen LogP contribution in [0.25, 0.3) is 0 Å². The van der Waals surface area contributed by atoms with Crippen LogP contribution in [0.2, 0.25) is 4.34 Å². The lowest BCUT2D eigenvalue weighted by molar-refractivity contribution is 0.101. The summed E-state index contributed by atoms with van der Waals surface area (Å²) in [5.41, 5.74) is 3.57. The first-order valence-electron chi connectivity index (χ1n) is 12.3. The third-order valence-electron chi connectivity index (χ3n) is 6.99. The largest absolute Gasteiger partial charge is 0.393 e. The Morgan fingerprint density at radius 1 is 1.29 bits per heavy atom. The predicted molar refractivity (Wildman–Crippen MR) is 145 cm³/mol. The molecule has 0 spiro atoms. The first kappa shape index (κ1) is 27.1. The van der Waals surface area contributed by atoms with Gasteiger partial charge in [0.2, 0.25) is 5.78 Å². The minimum Gasteiger partial charge on any atom is -0.393 e. The molecule has 1 aliphatic carbocycles. The molecular formula is C25H28ClN5O5S2. The van der Waals surface area contributed by atoms with Crippen LogP contribution in [0.5, 0.6) is 0 Å². The molecule has 0 radical (unpaired) electrons. The average Bonchev–Trinajstić information content (AvgIpc) is 3.36. The number of aliphatic hydroxyl groups excluding tert-OH is 1. The third kappa shape index (κ3) is 6.07. The quantitative estimate of drug-likeness (QED) is 0.295. The molecule has 10 nitrogen and oxygen atoms in total. The summed E-state index contributed by atoms with van der Waals surface area (Å²) >= 11 is 7.91. The van der Waals surface area contributed by atoms with Crippen LogP contribution in [0.15, 0.2) is 42.9 Å². The SMILES string of the molecule is NS(=O)(=O)OC[C@H]1C[C@@H](Nc2ncncc2C(=O)c2cc([C@H]3NCCCc4ccccc43)c(Cl)s2)C[C@@H]1O. The molecular weight excluding hydrogens is 550 g/mol. The highest BCUT2D eigenvalue weighted by molar-refractivity contribution is 7.84. The van der Waals surface area contributed by atoms with Gasteiger partial charge in [-0.3, -0.25) is 8.98 Å². The molecule has 0 amide bonds. The lowest BCUT2D eigenvalue weighted by Gasteiger charge is -2.18. The topological polar surface area (TPSA) is 157 Å². The number of anilines is 1. The van der Waals surface area contributed by atoms with Crippen LogP contribution in [0.3, 0.4) is 0 Å². The van der Waals surface area contributed by atoms with Gasteiger partial charge in [-0.05, 0) is 49.4 Å². The van der Waals surface area contributed by atoms with Crippen LogP contribution in [0.1, 0.15) is 57.2 Å². The summed E-state index contributed by atoms with van der Waals surface area (Å²) in [6.45, 7) is 0.619. The molecule has 0 bridgehead atoms. The van der Waals surface area contributed by atoms with Crippen LogP contribution in [-0.2, 0) is 20.9 Å². The molecule has 3 aromatic rings. The Morgan fingerprint density at radius 3 is 2.92 bits per heavy atom. The number of nitrogens with two attached hydrogens (primary N) is 1. The molecule has 38 heavy (non-hydrogen) atoms. The maximum Gasteiger partial charge on any atom is 0.333 e. The van der Waals surface area contributed by atoms with Gasteiger partial charge in [0.25, 0.3) is 0 Å². The smallest absolute Gasteiger partial charge is 0.333 e. The fourth-order valence-electron chi connectivity index (χ4n) is 5.17. The van der Waals surface area contributed by atoms with Crippen LogP contribution < -0.4 is 15.8 Å². The Kier molecular flexibility index (Phi) is 8.10. The molecule has 1 fully saturated rings. The van der Waals surface area contributed by atoms with Gasteiger partial charge in [-0.15, -0.1) is 11.3 Å². The van der Waals surface area contributed by atoms with E-state index in [0.717, 1.165) is 30.5 Å². The number of fused-ring (bicyclic) bond motifs is 1. The molecule has 5 rings (SSSR count). The van der Waals surface area contributed by atoms with E-state index in [1.807, 2.05) is 18.2 Å². The molecule has 5 N–H and O–H groups in total. The van der Waals surface area contributed by atoms with Crippen molar-refractivity contribution in [1.82, 2.24) is 15.3 Å². The number of rotatable bonds is 8. The molecule has 4 atom stereocenters. The monoisotopic (exact) mass is 577 g/mol. The number of ketones is 1. The summed E-state index contributed by atoms with van der Waals surface area (Å²) in [5, 5.41) is 22.0. The van der Waals surface area contributed by atoms with E-state index in [9.17, 15) is 18.3 Å². The van der Waals surface area contributed by atoms with Gasteiger partial charge in [0, 0.05) is 23.7 Å². The number of nitrogens with one attached hydrogen (secondary N) is 2. The number of nitrogens with zero attached hydrogens (tertiary/aromatic N) is 2. The Balaban J connectivity index is 1.35. The number of thiophene rings is 1. The fraction of sp³-hybridized carbons (Fsp3) is 0.400. The maximum absolute atomic E-state index is 13.6. The minimum absolute atomic E-state index is 0.111. The van der Waals surface area contributed by atoms with Crippen molar-refractivity contribution in [2.24, 2.45) is 11.1 Å². The highest BCUT2D eigenvalue weighted by Crippen LogP contribution is 2.39. The second-order valence-electron chi connectivity index (χ2n) is 9.56. The van der Waals surface area contributed by atoms with E-state index in [0.29, 0.717) is 27.9 Å². The number of aromatic nitrogens is 2. The van der Waals surface area contributed by atoms with Gasteiger partial charge in [0.05, 0.1) is 33.5 Å². The minimum atomic E-state index is -4.10. The molecule has 0 unspecified atom stereocenters. The van der Waals surface area contributed by atoms with E-state index >= 15 is 0 Å². The molecule has 3 heterocycles. The number of hydrogen-bond acceptors (Lipinski definition) is 10. The van der Waals surface area contributed by atoms with Crippen molar-refractivity contribution in [1.29, 1.82) is 0 Å². The van der Waals surface area contributed by atoms with E-state index in [1.54, 1.807) is 0 Å². The number of aliphatic hydroxyl groups is 1. The lowest BCUT2D eigenvalue weighted by atomic mass is 9.95. The van der Waals surface area contributed by atoms with Crippen LogP contribution in [0, 0.1) is 5.92 Å². The van der Waals surface area contributed by atoms with Crippen LogP contribution in [-0.4, -0.2) is 54.6 Å². The zero-order valence-corrected chi connectivity index (χ0v) is 22.7. The van der Waals surface area contributed by atoms with E-state index in [2.05, 4.69) is 36.9 Å². The molecule has 202 valence electrons. The summed E-state index contributed by atoms with van der Waals surface area (Å²) < 4.78 is 27.4. The maximum atomic E-state index is 13.6. The normalized spacial score (nSPS) is 23.6. The van der Waals surface area contributed by atoms with Gasteiger partial charge in [-0.1, -0.05) is 35.9 Å². The predicted octanol–water partition coefficient (Wildman–Crippen LogP) is 2.82. The van der Waals surface area contributed by atoms with Crippen LogP contribution in [0.4, 0.5) is 5.82 Å². The van der Waals surface area contributed by atoms with Gasteiger partial charge in [0.1, 0.15) is 12.1 Å². The number of benzene rings is 1. The zero-order chi connectivity index (χ0) is 26.9. The Hall–Kier alpha value is -2.45. The number of aryl methyl sites for hydroxylation is 1. The summed E-state index contributed by atoms with van der Waals surface area (Å²) in [7, 11) is -4.10. The van der Waals surface area contributed by atoms with Gasteiger partial charge < -0.3 is 15.7 Å². The highest BCUT2D eigenvalue weighted by Gasteiger charge is 2.35. The Bertz CT molecular complexity index is 1430. The van der Waals surface area contributed by atoms with Crippen molar-refractivity contribution in [2.75, 3.05) is 18.5 Å². The van der Waals surface area contributed by atoms with E-state index in [1.165, 1.54) is 29.4 Å². The summed E-state index contributed by atoms with van der Waals surface area (Å²) in [5.74, 6) is -0.361. The van der Waals surface area contributed by atoms with E-state index in [-0.39, 0.29) is 30.0 Å². The first-order chi connectivity index (χ1) is 18.2. The molecule has 1 aliphatic heterocycles. The van der Waals surface area contributed by atoms with Gasteiger partial charge >= 0.3 is 10.3 Å². The summed E-state index contributed by atoms with van der Waals surface area (Å²) in [4.78, 5) is 22.4. The zero-order valence-electron chi connectivity index (χ0n) is 20.3. The number of carbonyl (C=O) groups is 1. The molecule has 1 saturated carbocycles. The van der Waals surface area contributed by atoms with Gasteiger partial charge in [-0.25, -0.2) is 15.1 Å². The molecule has 13 heteroatoms.